The van der Waals surface area contributed by atoms with Crippen molar-refractivity contribution in [3.8, 4) is 0 Å². The number of hydrogen-bond acceptors (Lipinski definition) is 2. The summed E-state index contributed by atoms with van der Waals surface area (Å²) in [6.45, 7) is 6.32. The zero-order valence-corrected chi connectivity index (χ0v) is 10.7. The third-order valence-corrected chi connectivity index (χ3v) is 3.10. The SMILES string of the molecule is CN(CCCC(C)(C)CN)c1ccccc1. The minimum absolute atomic E-state index is 0.275. The van der Waals surface area contributed by atoms with E-state index in [2.05, 4.69) is 56.1 Å². The van der Waals surface area contributed by atoms with E-state index in [-0.39, 0.29) is 5.41 Å². The van der Waals surface area contributed by atoms with Crippen LogP contribution in [0.15, 0.2) is 30.3 Å². The van der Waals surface area contributed by atoms with Crippen LogP contribution in [0.1, 0.15) is 26.7 Å². The Morgan fingerprint density at radius 3 is 2.38 bits per heavy atom. The van der Waals surface area contributed by atoms with E-state index in [1.54, 1.807) is 0 Å². The first-order valence-electron chi connectivity index (χ1n) is 6.01. The minimum atomic E-state index is 0.275. The van der Waals surface area contributed by atoms with Crippen molar-refractivity contribution < 1.29 is 0 Å². The molecular formula is C14H24N2. The lowest BCUT2D eigenvalue weighted by Crippen LogP contribution is -2.26. The Bertz CT molecular complexity index is 293. The molecule has 16 heavy (non-hydrogen) atoms. The van der Waals surface area contributed by atoms with Gasteiger partial charge in [-0.3, -0.25) is 0 Å². The maximum Gasteiger partial charge on any atom is 0.0363 e. The molecule has 2 nitrogen and oxygen atoms in total. The van der Waals surface area contributed by atoms with Gasteiger partial charge in [0.05, 0.1) is 0 Å². The van der Waals surface area contributed by atoms with Crippen LogP contribution in [0, 0.1) is 5.41 Å². The first-order chi connectivity index (χ1) is 7.55. The fourth-order valence-corrected chi connectivity index (χ4v) is 1.71. The molecule has 0 fully saturated rings. The van der Waals surface area contributed by atoms with Crippen LogP contribution in [-0.2, 0) is 0 Å². The van der Waals surface area contributed by atoms with Crippen molar-refractivity contribution in [3.05, 3.63) is 30.3 Å². The Kier molecular flexibility index (Phi) is 4.81. The molecule has 1 rings (SSSR count). The number of nitrogens with zero attached hydrogens (tertiary/aromatic N) is 1. The van der Waals surface area contributed by atoms with Gasteiger partial charge >= 0.3 is 0 Å². The zero-order chi connectivity index (χ0) is 12.0. The molecule has 2 heteroatoms. The highest BCUT2D eigenvalue weighted by molar-refractivity contribution is 5.44. The van der Waals surface area contributed by atoms with Crippen molar-refractivity contribution in [2.24, 2.45) is 11.1 Å². The van der Waals surface area contributed by atoms with Gasteiger partial charge in [-0.05, 0) is 36.9 Å². The molecule has 0 radical (unpaired) electrons. The summed E-state index contributed by atoms with van der Waals surface area (Å²) in [5, 5.41) is 0. The molecule has 0 unspecified atom stereocenters. The molecule has 0 saturated heterocycles. The lowest BCUT2D eigenvalue weighted by atomic mass is 9.88. The Hall–Kier alpha value is -1.02. The maximum atomic E-state index is 5.72. The van der Waals surface area contributed by atoms with Crippen molar-refractivity contribution in [1.82, 2.24) is 0 Å². The molecule has 2 N–H and O–H groups in total. The van der Waals surface area contributed by atoms with Crippen molar-refractivity contribution in [2.45, 2.75) is 26.7 Å². The Balaban J connectivity index is 2.34. The molecule has 0 bridgehead atoms. The summed E-state index contributed by atoms with van der Waals surface area (Å²) in [6, 6.07) is 10.5. The number of para-hydroxylation sites is 1. The number of rotatable bonds is 6. The van der Waals surface area contributed by atoms with Crippen molar-refractivity contribution in [3.63, 3.8) is 0 Å². The fraction of sp³-hybridized carbons (Fsp3) is 0.571. The normalized spacial score (nSPS) is 11.5. The molecule has 0 spiro atoms. The number of hydrogen-bond donors (Lipinski definition) is 1. The van der Waals surface area contributed by atoms with Crippen LogP contribution in [0.2, 0.25) is 0 Å². The molecule has 0 saturated carbocycles. The summed E-state index contributed by atoms with van der Waals surface area (Å²) >= 11 is 0. The highest BCUT2D eigenvalue weighted by Crippen LogP contribution is 2.21. The number of nitrogens with two attached hydrogens (primary N) is 1. The zero-order valence-electron chi connectivity index (χ0n) is 10.7. The molecule has 90 valence electrons. The molecular weight excluding hydrogens is 196 g/mol. The largest absolute Gasteiger partial charge is 0.375 e. The molecule has 1 aromatic carbocycles. The van der Waals surface area contributed by atoms with E-state index < -0.39 is 0 Å². The van der Waals surface area contributed by atoms with Gasteiger partial charge < -0.3 is 10.6 Å². The van der Waals surface area contributed by atoms with Gasteiger partial charge in [-0.25, -0.2) is 0 Å². The highest BCUT2D eigenvalue weighted by Gasteiger charge is 2.14. The standard InChI is InChI=1S/C14H24N2/c1-14(2,12-15)10-7-11-16(3)13-8-5-4-6-9-13/h4-6,8-9H,7,10-12,15H2,1-3H3. The number of benzene rings is 1. The molecule has 0 aliphatic rings. The van der Waals surface area contributed by atoms with E-state index >= 15 is 0 Å². The Labute approximate surface area is 99.5 Å². The summed E-state index contributed by atoms with van der Waals surface area (Å²) in [4.78, 5) is 2.30. The van der Waals surface area contributed by atoms with E-state index in [9.17, 15) is 0 Å². The summed E-state index contributed by atoms with van der Waals surface area (Å²) in [5.41, 5.74) is 7.28. The molecule has 1 aromatic rings. The summed E-state index contributed by atoms with van der Waals surface area (Å²) in [6.07, 6.45) is 2.37. The van der Waals surface area contributed by atoms with Crippen molar-refractivity contribution in [2.75, 3.05) is 25.0 Å². The average molecular weight is 220 g/mol. The maximum absolute atomic E-state index is 5.72. The first kappa shape index (κ1) is 13.0. The Morgan fingerprint density at radius 2 is 1.81 bits per heavy atom. The van der Waals surface area contributed by atoms with Gasteiger partial charge in [-0.15, -0.1) is 0 Å². The highest BCUT2D eigenvalue weighted by atomic mass is 15.1. The second-order valence-corrected chi connectivity index (χ2v) is 5.23. The topological polar surface area (TPSA) is 29.3 Å². The van der Waals surface area contributed by atoms with Gasteiger partial charge in [-0.1, -0.05) is 32.0 Å². The van der Waals surface area contributed by atoms with Crippen LogP contribution < -0.4 is 10.6 Å². The molecule has 0 heterocycles. The van der Waals surface area contributed by atoms with E-state index in [4.69, 9.17) is 5.73 Å². The van der Waals surface area contributed by atoms with Gasteiger partial charge in [0.1, 0.15) is 0 Å². The summed E-state index contributed by atoms with van der Waals surface area (Å²) < 4.78 is 0. The molecule has 0 aromatic heterocycles. The molecule has 0 aliphatic heterocycles. The number of anilines is 1. The van der Waals surface area contributed by atoms with Crippen molar-refractivity contribution in [1.29, 1.82) is 0 Å². The average Bonchev–Trinajstić information content (AvgIpc) is 2.30. The Morgan fingerprint density at radius 1 is 1.19 bits per heavy atom. The smallest absolute Gasteiger partial charge is 0.0363 e. The van der Waals surface area contributed by atoms with E-state index in [0.29, 0.717) is 0 Å². The predicted molar refractivity (Wildman–Crippen MR) is 71.8 cm³/mol. The first-order valence-corrected chi connectivity index (χ1v) is 6.01. The van der Waals surface area contributed by atoms with Gasteiger partial charge in [-0.2, -0.15) is 0 Å². The minimum Gasteiger partial charge on any atom is -0.375 e. The van der Waals surface area contributed by atoms with Crippen LogP contribution in [-0.4, -0.2) is 20.1 Å². The van der Waals surface area contributed by atoms with Gasteiger partial charge in [0, 0.05) is 19.3 Å². The quantitative estimate of drug-likeness (QED) is 0.798. The lowest BCUT2D eigenvalue weighted by Gasteiger charge is -2.25. The fourth-order valence-electron chi connectivity index (χ4n) is 1.71. The lowest BCUT2D eigenvalue weighted by molar-refractivity contribution is 0.338. The summed E-state index contributed by atoms with van der Waals surface area (Å²) in [7, 11) is 2.14. The van der Waals surface area contributed by atoms with Crippen LogP contribution in [0.25, 0.3) is 0 Å². The molecule has 0 aliphatic carbocycles. The van der Waals surface area contributed by atoms with Crippen LogP contribution >= 0.6 is 0 Å². The van der Waals surface area contributed by atoms with Crippen LogP contribution in [0.5, 0.6) is 0 Å². The van der Waals surface area contributed by atoms with E-state index in [1.807, 2.05) is 0 Å². The third-order valence-electron chi connectivity index (χ3n) is 3.10. The van der Waals surface area contributed by atoms with Gasteiger partial charge in [0.2, 0.25) is 0 Å². The van der Waals surface area contributed by atoms with Crippen molar-refractivity contribution >= 4 is 5.69 Å². The second kappa shape index (κ2) is 5.90. The van der Waals surface area contributed by atoms with Gasteiger partial charge in [0.25, 0.3) is 0 Å². The van der Waals surface area contributed by atoms with E-state index in [0.717, 1.165) is 13.1 Å². The van der Waals surface area contributed by atoms with E-state index in [1.165, 1.54) is 18.5 Å². The monoisotopic (exact) mass is 220 g/mol. The van der Waals surface area contributed by atoms with Gasteiger partial charge in [0.15, 0.2) is 0 Å². The predicted octanol–water partition coefficient (Wildman–Crippen LogP) is 2.89. The van der Waals surface area contributed by atoms with Crippen LogP contribution in [0.4, 0.5) is 5.69 Å². The van der Waals surface area contributed by atoms with Crippen LogP contribution in [0.3, 0.4) is 0 Å². The summed E-state index contributed by atoms with van der Waals surface area (Å²) in [5.74, 6) is 0. The second-order valence-electron chi connectivity index (χ2n) is 5.23. The third kappa shape index (κ3) is 4.23. The molecule has 0 atom stereocenters. The molecule has 0 amide bonds.